The molecule has 0 spiro atoms. The van der Waals surface area contributed by atoms with Crippen LogP contribution in [0, 0.1) is 0 Å². The maximum absolute atomic E-state index is 6.00. The molecule has 0 aliphatic heterocycles. The summed E-state index contributed by atoms with van der Waals surface area (Å²) in [5.41, 5.74) is 2.32. The molecule has 0 radical (unpaired) electrons. The van der Waals surface area contributed by atoms with Crippen LogP contribution >= 0.6 is 11.6 Å². The lowest BCUT2D eigenvalue weighted by Gasteiger charge is -2.03. The molecule has 0 saturated heterocycles. The van der Waals surface area contributed by atoms with Gasteiger partial charge in [0.25, 0.3) is 0 Å². The van der Waals surface area contributed by atoms with Crippen LogP contribution in [0.2, 0.25) is 5.15 Å². The van der Waals surface area contributed by atoms with E-state index in [9.17, 15) is 0 Å². The summed E-state index contributed by atoms with van der Waals surface area (Å²) in [6.45, 7) is 0.827. The molecule has 1 heterocycles. The second-order valence-electron chi connectivity index (χ2n) is 3.26. The summed E-state index contributed by atoms with van der Waals surface area (Å²) in [4.78, 5) is 0. The zero-order chi connectivity index (χ0) is 10.1. The van der Waals surface area contributed by atoms with Gasteiger partial charge in [0.05, 0.1) is 5.52 Å². The molecule has 0 aliphatic carbocycles. The van der Waals surface area contributed by atoms with Crippen molar-refractivity contribution in [3.63, 3.8) is 0 Å². The minimum atomic E-state index is 0.570. The highest BCUT2D eigenvalue weighted by atomic mass is 35.5. The van der Waals surface area contributed by atoms with Gasteiger partial charge in [-0.1, -0.05) is 23.7 Å². The number of para-hydroxylation sites is 1. The number of nitrogens with zero attached hydrogens (tertiary/aromatic N) is 2. The van der Waals surface area contributed by atoms with E-state index in [1.54, 1.807) is 0 Å². The van der Waals surface area contributed by atoms with Crippen LogP contribution in [0.15, 0.2) is 18.2 Å². The predicted molar refractivity (Wildman–Crippen MR) is 58.5 cm³/mol. The van der Waals surface area contributed by atoms with E-state index in [1.165, 1.54) is 5.56 Å². The van der Waals surface area contributed by atoms with Gasteiger partial charge >= 0.3 is 0 Å². The molecule has 14 heavy (non-hydrogen) atoms. The number of aromatic nitrogens is 2. The second-order valence-corrected chi connectivity index (χ2v) is 3.62. The van der Waals surface area contributed by atoms with E-state index in [1.807, 2.05) is 30.9 Å². The minimum absolute atomic E-state index is 0.570. The molecule has 0 aliphatic rings. The van der Waals surface area contributed by atoms with Crippen molar-refractivity contribution < 1.29 is 0 Å². The largest absolute Gasteiger partial charge is 0.316 e. The summed E-state index contributed by atoms with van der Waals surface area (Å²) in [7, 11) is 3.84. The number of nitrogens with one attached hydrogen (secondary N) is 1. The summed E-state index contributed by atoms with van der Waals surface area (Å²) in [5, 5.41) is 8.90. The second kappa shape index (κ2) is 3.59. The van der Waals surface area contributed by atoms with Crippen molar-refractivity contribution in [2.45, 2.75) is 6.54 Å². The molecule has 0 amide bonds. The number of halogens is 1. The van der Waals surface area contributed by atoms with Crippen LogP contribution in [0.5, 0.6) is 0 Å². The standard InChI is InChI=1S/C10H12ClN3/c1-12-6-7-4-3-5-8-9(7)14(2)13-10(8)11/h3-5,12H,6H2,1-2H3. The van der Waals surface area contributed by atoms with Gasteiger partial charge in [-0.05, 0) is 18.7 Å². The molecule has 0 unspecified atom stereocenters. The van der Waals surface area contributed by atoms with Crippen LogP contribution in [0.3, 0.4) is 0 Å². The van der Waals surface area contributed by atoms with Gasteiger partial charge in [-0.2, -0.15) is 5.10 Å². The molecule has 0 atom stereocenters. The van der Waals surface area contributed by atoms with Crippen molar-refractivity contribution >= 4 is 22.5 Å². The van der Waals surface area contributed by atoms with Crippen LogP contribution in [0.25, 0.3) is 10.9 Å². The Bertz CT molecular complexity index is 462. The smallest absolute Gasteiger partial charge is 0.158 e. The predicted octanol–water partition coefficient (Wildman–Crippen LogP) is 1.95. The fourth-order valence-corrected chi connectivity index (χ4v) is 1.97. The van der Waals surface area contributed by atoms with Gasteiger partial charge in [0.15, 0.2) is 5.15 Å². The summed E-state index contributed by atoms with van der Waals surface area (Å²) >= 11 is 6.00. The summed E-state index contributed by atoms with van der Waals surface area (Å²) in [6, 6.07) is 6.07. The number of aryl methyl sites for hydroxylation is 1. The van der Waals surface area contributed by atoms with Crippen molar-refractivity contribution in [3.8, 4) is 0 Å². The molecular formula is C10H12ClN3. The third-order valence-corrected chi connectivity index (χ3v) is 2.55. The molecule has 2 rings (SSSR count). The Kier molecular flexibility index (Phi) is 2.44. The van der Waals surface area contributed by atoms with Crippen molar-refractivity contribution in [2.75, 3.05) is 7.05 Å². The molecule has 74 valence electrons. The van der Waals surface area contributed by atoms with E-state index in [0.29, 0.717) is 5.15 Å². The number of fused-ring (bicyclic) bond motifs is 1. The highest BCUT2D eigenvalue weighted by molar-refractivity contribution is 6.34. The molecule has 0 saturated carbocycles. The number of benzene rings is 1. The fourth-order valence-electron chi connectivity index (χ4n) is 1.71. The Hall–Kier alpha value is -1.06. The Morgan fingerprint density at radius 1 is 1.50 bits per heavy atom. The molecule has 4 heteroatoms. The Morgan fingerprint density at radius 3 is 3.00 bits per heavy atom. The molecule has 0 bridgehead atoms. The normalized spacial score (nSPS) is 11.1. The van der Waals surface area contributed by atoms with E-state index in [0.717, 1.165) is 17.4 Å². The molecule has 3 nitrogen and oxygen atoms in total. The average Bonchev–Trinajstić information content (AvgIpc) is 2.44. The van der Waals surface area contributed by atoms with E-state index >= 15 is 0 Å². The van der Waals surface area contributed by atoms with Crippen molar-refractivity contribution in [1.29, 1.82) is 0 Å². The highest BCUT2D eigenvalue weighted by Gasteiger charge is 2.09. The van der Waals surface area contributed by atoms with Crippen molar-refractivity contribution in [3.05, 3.63) is 28.9 Å². The summed E-state index contributed by atoms with van der Waals surface area (Å²) < 4.78 is 1.82. The van der Waals surface area contributed by atoms with Crippen molar-refractivity contribution in [2.24, 2.45) is 7.05 Å². The zero-order valence-electron chi connectivity index (χ0n) is 8.21. The number of rotatable bonds is 2. The maximum Gasteiger partial charge on any atom is 0.158 e. The zero-order valence-corrected chi connectivity index (χ0v) is 8.97. The van der Waals surface area contributed by atoms with Crippen LogP contribution in [0.4, 0.5) is 0 Å². The van der Waals surface area contributed by atoms with Gasteiger partial charge in [-0.25, -0.2) is 0 Å². The Labute approximate surface area is 87.7 Å². The van der Waals surface area contributed by atoms with Crippen LogP contribution < -0.4 is 5.32 Å². The Morgan fingerprint density at radius 2 is 2.29 bits per heavy atom. The van der Waals surface area contributed by atoms with Gasteiger partial charge in [-0.15, -0.1) is 0 Å². The third-order valence-electron chi connectivity index (χ3n) is 2.27. The molecule has 0 fully saturated rings. The minimum Gasteiger partial charge on any atom is -0.316 e. The molecular weight excluding hydrogens is 198 g/mol. The molecule has 1 aromatic heterocycles. The van der Waals surface area contributed by atoms with Crippen molar-refractivity contribution in [1.82, 2.24) is 15.1 Å². The highest BCUT2D eigenvalue weighted by Crippen LogP contribution is 2.24. The SMILES string of the molecule is CNCc1cccc2c(Cl)nn(C)c12. The average molecular weight is 210 g/mol. The van der Waals surface area contributed by atoms with Gasteiger partial charge in [0, 0.05) is 19.0 Å². The van der Waals surface area contributed by atoms with E-state index in [4.69, 9.17) is 11.6 Å². The van der Waals surface area contributed by atoms with Crippen LogP contribution in [-0.4, -0.2) is 16.8 Å². The molecule has 1 N–H and O–H groups in total. The van der Waals surface area contributed by atoms with Gasteiger partial charge in [-0.3, -0.25) is 4.68 Å². The number of hydrogen-bond donors (Lipinski definition) is 1. The fraction of sp³-hybridized carbons (Fsp3) is 0.300. The lowest BCUT2D eigenvalue weighted by Crippen LogP contribution is -2.06. The maximum atomic E-state index is 6.00. The van der Waals surface area contributed by atoms with E-state index in [-0.39, 0.29) is 0 Å². The first-order chi connectivity index (χ1) is 6.74. The summed E-state index contributed by atoms with van der Waals surface area (Å²) in [6.07, 6.45) is 0. The quantitative estimate of drug-likeness (QED) is 0.820. The first-order valence-corrected chi connectivity index (χ1v) is 4.86. The monoisotopic (exact) mass is 209 g/mol. The van der Waals surface area contributed by atoms with Crippen LogP contribution in [-0.2, 0) is 13.6 Å². The first-order valence-electron chi connectivity index (χ1n) is 4.48. The van der Waals surface area contributed by atoms with Crippen LogP contribution in [0.1, 0.15) is 5.56 Å². The van der Waals surface area contributed by atoms with Gasteiger partial charge in [0.2, 0.25) is 0 Å². The number of hydrogen-bond acceptors (Lipinski definition) is 2. The lowest BCUT2D eigenvalue weighted by atomic mass is 10.1. The topological polar surface area (TPSA) is 29.9 Å². The van der Waals surface area contributed by atoms with E-state index < -0.39 is 0 Å². The molecule has 2 aromatic rings. The van der Waals surface area contributed by atoms with Gasteiger partial charge < -0.3 is 5.32 Å². The first kappa shape index (κ1) is 9.49. The summed E-state index contributed by atoms with van der Waals surface area (Å²) in [5.74, 6) is 0. The molecule has 1 aromatic carbocycles. The lowest BCUT2D eigenvalue weighted by molar-refractivity contribution is 0.774. The van der Waals surface area contributed by atoms with E-state index in [2.05, 4.69) is 16.5 Å². The van der Waals surface area contributed by atoms with Gasteiger partial charge in [0.1, 0.15) is 0 Å². The third kappa shape index (κ3) is 1.38. The Balaban J connectivity index is 2.72.